The first-order valence-electron chi connectivity index (χ1n) is 8.42. The first-order chi connectivity index (χ1) is 12.6. The van der Waals surface area contributed by atoms with Gasteiger partial charge in [0.1, 0.15) is 18.2 Å². The molecular formula is C19H18FN3O3. The fraction of sp³-hybridized carbons (Fsp3) is 0.263. The lowest BCUT2D eigenvalue weighted by molar-refractivity contribution is -0.138. The molecule has 1 fully saturated rings. The van der Waals surface area contributed by atoms with E-state index in [1.807, 2.05) is 12.1 Å². The van der Waals surface area contributed by atoms with Gasteiger partial charge >= 0.3 is 5.97 Å². The summed E-state index contributed by atoms with van der Waals surface area (Å²) in [5, 5.41) is 9.03. The van der Waals surface area contributed by atoms with Crippen LogP contribution in [0.3, 0.4) is 0 Å². The van der Waals surface area contributed by atoms with Crippen LogP contribution in [0.5, 0.6) is 5.75 Å². The standard InChI is InChI=1S/C19H18FN3O3/c20-18-11(2-1-3-13(18)14-8-15(14)19(24)25)10-26-12-4-5-16(21-9-12)17-6-7-22-23-17/h1-6,9,14-15,22-23H,7-8,10H2,(H,24,25). The van der Waals surface area contributed by atoms with Gasteiger partial charge in [0, 0.05) is 18.0 Å². The van der Waals surface area contributed by atoms with Crippen molar-refractivity contribution in [1.29, 1.82) is 0 Å². The van der Waals surface area contributed by atoms with Crippen molar-refractivity contribution in [2.24, 2.45) is 5.92 Å². The molecule has 2 heterocycles. The average Bonchev–Trinajstić information content (AvgIpc) is 3.26. The molecule has 1 aromatic carbocycles. The fourth-order valence-electron chi connectivity index (χ4n) is 3.11. The summed E-state index contributed by atoms with van der Waals surface area (Å²) in [5.74, 6) is -1.43. The average molecular weight is 355 g/mol. The summed E-state index contributed by atoms with van der Waals surface area (Å²) in [7, 11) is 0. The third-order valence-corrected chi connectivity index (χ3v) is 4.65. The van der Waals surface area contributed by atoms with Gasteiger partial charge in [-0.25, -0.2) is 9.82 Å². The second kappa shape index (κ2) is 6.76. The van der Waals surface area contributed by atoms with Crippen LogP contribution >= 0.6 is 0 Å². The van der Waals surface area contributed by atoms with Crippen LogP contribution in [0.25, 0.3) is 5.70 Å². The van der Waals surface area contributed by atoms with Crippen molar-refractivity contribution in [3.8, 4) is 5.75 Å². The van der Waals surface area contributed by atoms with E-state index in [4.69, 9.17) is 9.84 Å². The van der Waals surface area contributed by atoms with Gasteiger partial charge in [-0.05, 0) is 30.2 Å². The molecule has 1 aliphatic heterocycles. The molecular weight excluding hydrogens is 337 g/mol. The van der Waals surface area contributed by atoms with Gasteiger partial charge in [0.25, 0.3) is 0 Å². The number of halogens is 1. The number of benzene rings is 1. The molecule has 0 bridgehead atoms. The van der Waals surface area contributed by atoms with Crippen molar-refractivity contribution >= 4 is 11.7 Å². The molecule has 2 aliphatic rings. The van der Waals surface area contributed by atoms with Gasteiger partial charge in [-0.3, -0.25) is 9.78 Å². The molecule has 1 aliphatic carbocycles. The second-order valence-electron chi connectivity index (χ2n) is 6.40. The van der Waals surface area contributed by atoms with Gasteiger partial charge in [0.2, 0.25) is 0 Å². The number of ether oxygens (including phenoxy) is 1. The molecule has 3 N–H and O–H groups in total. The van der Waals surface area contributed by atoms with Gasteiger partial charge in [0.15, 0.2) is 0 Å². The highest BCUT2D eigenvalue weighted by molar-refractivity contribution is 5.75. The van der Waals surface area contributed by atoms with Crippen molar-refractivity contribution in [3.05, 3.63) is 65.2 Å². The Morgan fingerprint density at radius 2 is 2.23 bits per heavy atom. The number of rotatable bonds is 6. The minimum absolute atomic E-state index is 0.0632. The predicted molar refractivity (Wildman–Crippen MR) is 92.6 cm³/mol. The zero-order valence-corrected chi connectivity index (χ0v) is 13.9. The van der Waals surface area contributed by atoms with Gasteiger partial charge in [0.05, 0.1) is 23.5 Å². The summed E-state index contributed by atoms with van der Waals surface area (Å²) in [4.78, 5) is 15.3. The largest absolute Gasteiger partial charge is 0.487 e. The fourth-order valence-corrected chi connectivity index (χ4v) is 3.11. The summed E-state index contributed by atoms with van der Waals surface area (Å²) in [5.41, 5.74) is 8.56. The molecule has 0 amide bonds. The van der Waals surface area contributed by atoms with Gasteiger partial charge < -0.3 is 15.3 Å². The molecule has 26 heavy (non-hydrogen) atoms. The van der Waals surface area contributed by atoms with Gasteiger partial charge in [-0.2, -0.15) is 0 Å². The Balaban J connectivity index is 1.42. The van der Waals surface area contributed by atoms with E-state index in [2.05, 4.69) is 15.8 Å². The summed E-state index contributed by atoms with van der Waals surface area (Å²) in [6, 6.07) is 8.65. The van der Waals surface area contributed by atoms with E-state index < -0.39 is 11.9 Å². The SMILES string of the molecule is O=C(O)C1CC1c1cccc(COc2ccc(C3=CCNN3)nc2)c1F. The van der Waals surface area contributed by atoms with Gasteiger partial charge in [-0.15, -0.1) is 0 Å². The number of aliphatic carboxylic acids is 1. The molecule has 0 spiro atoms. The number of aromatic nitrogens is 1. The molecule has 0 saturated heterocycles. The van der Waals surface area contributed by atoms with Crippen LogP contribution in [0, 0.1) is 11.7 Å². The monoisotopic (exact) mass is 355 g/mol. The first-order valence-corrected chi connectivity index (χ1v) is 8.42. The number of hydrazine groups is 1. The maximum absolute atomic E-state index is 14.7. The molecule has 2 aromatic rings. The van der Waals surface area contributed by atoms with E-state index in [1.54, 1.807) is 30.5 Å². The minimum Gasteiger partial charge on any atom is -0.487 e. The Morgan fingerprint density at radius 1 is 1.35 bits per heavy atom. The summed E-state index contributed by atoms with van der Waals surface area (Å²) in [6.07, 6.45) is 4.08. The van der Waals surface area contributed by atoms with Crippen molar-refractivity contribution in [2.45, 2.75) is 18.9 Å². The number of carbonyl (C=O) groups is 1. The number of nitrogens with zero attached hydrogens (tertiary/aromatic N) is 1. The minimum atomic E-state index is -0.871. The molecule has 7 heteroatoms. The first kappa shape index (κ1) is 16.5. The third-order valence-electron chi connectivity index (χ3n) is 4.65. The summed E-state index contributed by atoms with van der Waals surface area (Å²) >= 11 is 0. The highest BCUT2D eigenvalue weighted by atomic mass is 19.1. The smallest absolute Gasteiger partial charge is 0.307 e. The molecule has 0 radical (unpaired) electrons. The zero-order chi connectivity index (χ0) is 18.1. The van der Waals surface area contributed by atoms with E-state index in [-0.39, 0.29) is 18.3 Å². The number of carboxylic acids is 1. The van der Waals surface area contributed by atoms with Crippen molar-refractivity contribution < 1.29 is 19.0 Å². The Morgan fingerprint density at radius 3 is 2.88 bits per heavy atom. The van der Waals surface area contributed by atoms with E-state index >= 15 is 0 Å². The molecule has 1 aromatic heterocycles. The number of nitrogens with one attached hydrogen (secondary N) is 2. The van der Waals surface area contributed by atoms with E-state index in [1.165, 1.54) is 0 Å². The molecule has 6 nitrogen and oxygen atoms in total. The lowest BCUT2D eigenvalue weighted by Gasteiger charge is -2.10. The maximum atomic E-state index is 14.7. The van der Waals surface area contributed by atoms with Gasteiger partial charge in [-0.1, -0.05) is 18.2 Å². The molecule has 1 saturated carbocycles. The number of hydrogen-bond acceptors (Lipinski definition) is 5. The van der Waals surface area contributed by atoms with E-state index in [9.17, 15) is 9.18 Å². The summed E-state index contributed by atoms with van der Waals surface area (Å²) in [6.45, 7) is 0.808. The van der Waals surface area contributed by atoms with Crippen molar-refractivity contribution in [1.82, 2.24) is 15.8 Å². The van der Waals surface area contributed by atoms with Crippen molar-refractivity contribution in [2.75, 3.05) is 6.54 Å². The Labute approximate surface area is 149 Å². The Bertz CT molecular complexity index is 867. The van der Waals surface area contributed by atoms with Crippen LogP contribution in [0.1, 0.15) is 29.2 Å². The van der Waals surface area contributed by atoms with Crippen LogP contribution < -0.4 is 15.6 Å². The lowest BCUT2D eigenvalue weighted by atomic mass is 10.0. The second-order valence-corrected chi connectivity index (χ2v) is 6.40. The zero-order valence-electron chi connectivity index (χ0n) is 13.9. The van der Waals surface area contributed by atoms with Crippen LogP contribution in [0.15, 0.2) is 42.6 Å². The molecule has 4 rings (SSSR count). The van der Waals surface area contributed by atoms with Crippen LogP contribution in [0.4, 0.5) is 4.39 Å². The quantitative estimate of drug-likeness (QED) is 0.738. The van der Waals surface area contributed by atoms with E-state index in [0.717, 1.165) is 17.9 Å². The number of hydrogen-bond donors (Lipinski definition) is 3. The number of carboxylic acid groups (broad SMARTS) is 1. The molecule has 2 atom stereocenters. The Hall–Kier alpha value is -2.93. The highest BCUT2D eigenvalue weighted by Crippen LogP contribution is 2.48. The molecule has 134 valence electrons. The Kier molecular flexibility index (Phi) is 4.30. The van der Waals surface area contributed by atoms with Crippen LogP contribution in [-0.2, 0) is 11.4 Å². The number of pyridine rings is 1. The lowest BCUT2D eigenvalue weighted by Crippen LogP contribution is -2.23. The highest BCUT2D eigenvalue weighted by Gasteiger charge is 2.45. The third kappa shape index (κ3) is 3.25. The normalized spacial score (nSPS) is 21.0. The predicted octanol–water partition coefficient (Wildman–Crippen LogP) is 2.44. The van der Waals surface area contributed by atoms with Crippen molar-refractivity contribution in [3.63, 3.8) is 0 Å². The topological polar surface area (TPSA) is 83.5 Å². The van der Waals surface area contributed by atoms with E-state index in [0.29, 0.717) is 23.3 Å². The summed E-state index contributed by atoms with van der Waals surface area (Å²) < 4.78 is 20.3. The van der Waals surface area contributed by atoms with Crippen LogP contribution in [0.2, 0.25) is 0 Å². The maximum Gasteiger partial charge on any atom is 0.307 e. The molecule has 2 unspecified atom stereocenters. The van der Waals surface area contributed by atoms with Crippen LogP contribution in [-0.4, -0.2) is 22.6 Å².